The van der Waals surface area contributed by atoms with E-state index < -0.39 is 17.8 Å². The molecule has 3 aromatic rings. The Morgan fingerprint density at radius 3 is 2.26 bits per heavy atom. The molecule has 6 nitrogen and oxygen atoms in total. The number of amides is 4. The highest BCUT2D eigenvalue weighted by Crippen LogP contribution is 2.31. The van der Waals surface area contributed by atoms with Crippen LogP contribution in [0.25, 0.3) is 27.9 Å². The van der Waals surface area contributed by atoms with Crippen molar-refractivity contribution < 1.29 is 14.4 Å². The SMILES string of the molecule is CCCCCCCCn1c2ccccc2c2cc(C=C3C(=O)NC(=O)NC3=O)ccc21. The van der Waals surface area contributed by atoms with Gasteiger partial charge in [0.05, 0.1) is 0 Å². The number of aromatic nitrogens is 1. The number of barbiturate groups is 1. The lowest BCUT2D eigenvalue weighted by Crippen LogP contribution is -2.51. The number of unbranched alkanes of at least 4 members (excludes halogenated alkanes) is 5. The number of carbonyl (C=O) groups excluding carboxylic acids is 3. The largest absolute Gasteiger partial charge is 0.340 e. The zero-order chi connectivity index (χ0) is 21.8. The number of benzene rings is 2. The van der Waals surface area contributed by atoms with Crippen molar-refractivity contribution >= 4 is 45.7 Å². The molecular formula is C25H27N3O3. The van der Waals surface area contributed by atoms with Crippen molar-refractivity contribution in [3.63, 3.8) is 0 Å². The quantitative estimate of drug-likeness (QED) is 0.311. The number of urea groups is 1. The van der Waals surface area contributed by atoms with Gasteiger partial charge < -0.3 is 4.57 Å². The van der Waals surface area contributed by atoms with Gasteiger partial charge in [-0.25, -0.2) is 4.79 Å². The number of nitrogens with one attached hydrogen (secondary N) is 2. The average Bonchev–Trinajstić information content (AvgIpc) is 3.06. The van der Waals surface area contributed by atoms with E-state index in [1.165, 1.54) is 43.7 Å². The van der Waals surface area contributed by atoms with Gasteiger partial charge in [0, 0.05) is 28.4 Å². The molecule has 0 saturated carbocycles. The fourth-order valence-electron chi connectivity index (χ4n) is 4.23. The van der Waals surface area contributed by atoms with Crippen molar-refractivity contribution in [2.45, 2.75) is 52.0 Å². The zero-order valence-electron chi connectivity index (χ0n) is 17.7. The van der Waals surface area contributed by atoms with Crippen LogP contribution in [0.15, 0.2) is 48.0 Å². The summed E-state index contributed by atoms with van der Waals surface area (Å²) in [5.41, 5.74) is 3.00. The third kappa shape index (κ3) is 4.38. The highest BCUT2D eigenvalue weighted by molar-refractivity contribution is 6.31. The number of imide groups is 2. The maximum atomic E-state index is 12.0. The molecule has 4 rings (SSSR count). The summed E-state index contributed by atoms with van der Waals surface area (Å²) in [5, 5.41) is 6.46. The van der Waals surface area contributed by atoms with Gasteiger partial charge in [0.25, 0.3) is 11.8 Å². The van der Waals surface area contributed by atoms with Crippen molar-refractivity contribution in [1.29, 1.82) is 0 Å². The van der Waals surface area contributed by atoms with Gasteiger partial charge in [-0.1, -0.05) is 63.3 Å². The molecule has 1 aliphatic rings. The fourth-order valence-corrected chi connectivity index (χ4v) is 4.23. The molecule has 0 radical (unpaired) electrons. The standard InChI is InChI=1S/C25H27N3O3/c1-2-3-4-5-6-9-14-28-21-11-8-7-10-18(21)19-15-17(12-13-22(19)28)16-20-23(29)26-25(31)27-24(20)30/h7-8,10-13,15-16H,2-6,9,14H2,1H3,(H2,26,27,29,30,31). The van der Waals surface area contributed by atoms with E-state index in [9.17, 15) is 14.4 Å². The van der Waals surface area contributed by atoms with E-state index >= 15 is 0 Å². The zero-order valence-corrected chi connectivity index (χ0v) is 17.7. The molecule has 2 aromatic carbocycles. The maximum absolute atomic E-state index is 12.0. The van der Waals surface area contributed by atoms with Gasteiger partial charge in [-0.3, -0.25) is 20.2 Å². The van der Waals surface area contributed by atoms with Crippen LogP contribution < -0.4 is 10.6 Å². The summed E-state index contributed by atoms with van der Waals surface area (Å²) in [5.74, 6) is -1.36. The summed E-state index contributed by atoms with van der Waals surface area (Å²) in [6, 6.07) is 13.5. The van der Waals surface area contributed by atoms with Crippen LogP contribution >= 0.6 is 0 Å². The molecule has 4 amide bonds. The number of rotatable bonds is 8. The Labute approximate surface area is 181 Å². The van der Waals surface area contributed by atoms with Crippen molar-refractivity contribution in [1.82, 2.24) is 15.2 Å². The van der Waals surface area contributed by atoms with E-state index in [1.807, 2.05) is 24.3 Å². The number of carbonyl (C=O) groups is 3. The average molecular weight is 418 g/mol. The van der Waals surface area contributed by atoms with Crippen molar-refractivity contribution in [3.8, 4) is 0 Å². The van der Waals surface area contributed by atoms with Crippen molar-refractivity contribution in [3.05, 3.63) is 53.6 Å². The summed E-state index contributed by atoms with van der Waals surface area (Å²) >= 11 is 0. The topological polar surface area (TPSA) is 80.2 Å². The van der Waals surface area contributed by atoms with E-state index in [4.69, 9.17) is 0 Å². The Balaban J connectivity index is 1.65. The Morgan fingerprint density at radius 1 is 0.806 bits per heavy atom. The number of fused-ring (bicyclic) bond motifs is 3. The van der Waals surface area contributed by atoms with Gasteiger partial charge in [0.2, 0.25) is 0 Å². The van der Waals surface area contributed by atoms with E-state index in [0.717, 1.165) is 34.8 Å². The van der Waals surface area contributed by atoms with Gasteiger partial charge in [-0.05, 0) is 36.3 Å². The molecule has 2 heterocycles. The van der Waals surface area contributed by atoms with E-state index in [-0.39, 0.29) is 5.57 Å². The summed E-state index contributed by atoms with van der Waals surface area (Å²) < 4.78 is 2.36. The number of aryl methyl sites for hydroxylation is 1. The molecule has 0 atom stereocenters. The summed E-state index contributed by atoms with van der Waals surface area (Å²) in [7, 11) is 0. The van der Waals surface area contributed by atoms with Gasteiger partial charge >= 0.3 is 6.03 Å². The van der Waals surface area contributed by atoms with Crippen LogP contribution in [0.3, 0.4) is 0 Å². The molecule has 2 N–H and O–H groups in total. The normalized spacial score (nSPS) is 14.2. The Bertz CT molecular complexity index is 1170. The molecule has 1 aromatic heterocycles. The second-order valence-electron chi connectivity index (χ2n) is 8.01. The summed E-state index contributed by atoms with van der Waals surface area (Å²) in [6.07, 6.45) is 9.02. The second-order valence-corrected chi connectivity index (χ2v) is 8.01. The lowest BCUT2D eigenvalue weighted by atomic mass is 10.1. The van der Waals surface area contributed by atoms with E-state index in [2.05, 4.69) is 40.3 Å². The first-order valence-corrected chi connectivity index (χ1v) is 11.0. The monoisotopic (exact) mass is 417 g/mol. The van der Waals surface area contributed by atoms with Gasteiger partial charge in [-0.15, -0.1) is 0 Å². The Kier molecular flexibility index (Phi) is 6.16. The Morgan fingerprint density at radius 2 is 1.48 bits per heavy atom. The van der Waals surface area contributed by atoms with Crippen LogP contribution in [0.4, 0.5) is 4.79 Å². The molecule has 1 aliphatic heterocycles. The number of hydrogen-bond donors (Lipinski definition) is 2. The van der Waals surface area contributed by atoms with Crippen LogP contribution in [0.1, 0.15) is 51.0 Å². The van der Waals surface area contributed by atoms with Gasteiger partial charge in [0.15, 0.2) is 0 Å². The predicted molar refractivity (Wildman–Crippen MR) is 122 cm³/mol. The molecule has 0 unspecified atom stereocenters. The smallest absolute Gasteiger partial charge is 0.328 e. The fraction of sp³-hybridized carbons (Fsp3) is 0.320. The molecule has 0 aliphatic carbocycles. The first-order valence-electron chi connectivity index (χ1n) is 11.0. The molecule has 0 spiro atoms. The van der Waals surface area contributed by atoms with E-state index in [0.29, 0.717) is 0 Å². The molecular weight excluding hydrogens is 390 g/mol. The minimum absolute atomic E-state index is 0.0743. The van der Waals surface area contributed by atoms with Gasteiger partial charge in [-0.2, -0.15) is 0 Å². The van der Waals surface area contributed by atoms with Crippen LogP contribution in [-0.4, -0.2) is 22.4 Å². The van der Waals surface area contributed by atoms with Crippen LogP contribution in [0.5, 0.6) is 0 Å². The van der Waals surface area contributed by atoms with Crippen LogP contribution in [0.2, 0.25) is 0 Å². The third-order valence-electron chi connectivity index (χ3n) is 5.79. The minimum atomic E-state index is -0.791. The Hall–Kier alpha value is -3.41. The lowest BCUT2D eigenvalue weighted by molar-refractivity contribution is -0.123. The number of para-hydroxylation sites is 1. The summed E-state index contributed by atoms with van der Waals surface area (Å²) in [4.78, 5) is 35.4. The third-order valence-corrected chi connectivity index (χ3v) is 5.79. The maximum Gasteiger partial charge on any atom is 0.328 e. The van der Waals surface area contributed by atoms with Crippen LogP contribution in [-0.2, 0) is 16.1 Å². The number of nitrogens with zero attached hydrogens (tertiary/aromatic N) is 1. The van der Waals surface area contributed by atoms with Gasteiger partial charge in [0.1, 0.15) is 5.57 Å². The second kappa shape index (κ2) is 9.16. The minimum Gasteiger partial charge on any atom is -0.340 e. The van der Waals surface area contributed by atoms with E-state index in [1.54, 1.807) is 0 Å². The van der Waals surface area contributed by atoms with Crippen molar-refractivity contribution in [2.24, 2.45) is 0 Å². The highest BCUT2D eigenvalue weighted by Gasteiger charge is 2.27. The molecule has 1 fully saturated rings. The molecule has 0 bridgehead atoms. The molecule has 31 heavy (non-hydrogen) atoms. The predicted octanol–water partition coefficient (Wildman–Crippen LogP) is 4.90. The van der Waals surface area contributed by atoms with Crippen molar-refractivity contribution in [2.75, 3.05) is 0 Å². The first kappa shape index (κ1) is 20.8. The lowest BCUT2D eigenvalue weighted by Gasteiger charge is -2.13. The molecule has 160 valence electrons. The number of hydrogen-bond acceptors (Lipinski definition) is 3. The highest BCUT2D eigenvalue weighted by atomic mass is 16.2. The first-order chi connectivity index (χ1) is 15.1. The molecule has 6 heteroatoms. The summed E-state index contributed by atoms with van der Waals surface area (Å²) in [6.45, 7) is 3.19. The van der Waals surface area contributed by atoms with Crippen LogP contribution in [0, 0.1) is 0 Å². The molecule has 1 saturated heterocycles.